The molecule has 0 spiro atoms. The lowest BCUT2D eigenvalue weighted by Crippen LogP contribution is -2.59. The number of hydrogen-bond acceptors (Lipinski definition) is 7. The Labute approximate surface area is 74.0 Å². The van der Waals surface area contributed by atoms with Crippen LogP contribution in [0.25, 0.3) is 0 Å². The lowest BCUT2D eigenvalue weighted by molar-refractivity contribution is -0.154. The van der Waals surface area contributed by atoms with Crippen molar-refractivity contribution in [2.75, 3.05) is 6.61 Å². The Morgan fingerprint density at radius 3 is 2.31 bits per heavy atom. The maximum absolute atomic E-state index is 9.37. The van der Waals surface area contributed by atoms with Gasteiger partial charge in [-0.2, -0.15) is 0 Å². The van der Waals surface area contributed by atoms with Crippen molar-refractivity contribution in [1.29, 1.82) is 0 Å². The molecular weight excluding hydrogens is 182 g/mol. The zero-order valence-corrected chi connectivity index (χ0v) is 6.74. The highest BCUT2D eigenvalue weighted by Crippen LogP contribution is 2.27. The second-order valence-electron chi connectivity index (χ2n) is 3.03. The van der Waals surface area contributed by atoms with E-state index in [9.17, 15) is 5.11 Å². The van der Waals surface area contributed by atoms with E-state index < -0.39 is 36.9 Å². The number of hydrogen-bond donors (Lipinski definition) is 6. The van der Waals surface area contributed by atoms with Gasteiger partial charge in [0, 0.05) is 0 Å². The number of nitrogens with two attached hydrogens (primary N) is 1. The van der Waals surface area contributed by atoms with Crippen LogP contribution in [0, 0.1) is 0 Å². The Hall–Kier alpha value is -0.280. The van der Waals surface area contributed by atoms with Gasteiger partial charge in [-0.1, -0.05) is 0 Å². The summed E-state index contributed by atoms with van der Waals surface area (Å²) in [6.07, 6.45) is -6.25. The first-order chi connectivity index (χ1) is 5.91. The van der Waals surface area contributed by atoms with Crippen LogP contribution >= 0.6 is 0 Å². The Bertz CT molecular complexity index is 186. The van der Waals surface area contributed by atoms with E-state index >= 15 is 0 Å². The molecule has 0 amide bonds. The highest BCUT2D eigenvalue weighted by molar-refractivity contribution is 4.99. The van der Waals surface area contributed by atoms with Crippen LogP contribution in [0.15, 0.2) is 0 Å². The van der Waals surface area contributed by atoms with Gasteiger partial charge in [-0.25, -0.2) is 0 Å². The van der Waals surface area contributed by atoms with E-state index in [1.807, 2.05) is 0 Å². The van der Waals surface area contributed by atoms with Gasteiger partial charge in [0.2, 0.25) is 0 Å². The molecule has 1 heterocycles. The molecule has 0 saturated carbocycles. The van der Waals surface area contributed by atoms with Crippen molar-refractivity contribution in [3.8, 4) is 0 Å². The molecular formula is C6H13NO6. The molecule has 0 aromatic rings. The molecule has 0 aromatic carbocycles. The molecule has 78 valence electrons. The minimum atomic E-state index is -2.26. The van der Waals surface area contributed by atoms with Crippen molar-refractivity contribution in [2.24, 2.45) is 5.73 Å². The zero-order valence-electron chi connectivity index (χ0n) is 6.74. The highest BCUT2D eigenvalue weighted by atomic mass is 16.7. The summed E-state index contributed by atoms with van der Waals surface area (Å²) in [5.41, 5.74) is 2.92. The zero-order chi connectivity index (χ0) is 10.2. The summed E-state index contributed by atoms with van der Waals surface area (Å²) < 4.78 is 4.56. The Kier molecular flexibility index (Phi) is 2.88. The molecule has 1 fully saturated rings. The average molecular weight is 195 g/mol. The van der Waals surface area contributed by atoms with Gasteiger partial charge in [0.05, 0.1) is 6.61 Å². The molecule has 0 unspecified atom stereocenters. The van der Waals surface area contributed by atoms with Gasteiger partial charge in [-0.3, -0.25) is 5.73 Å². The van der Waals surface area contributed by atoms with E-state index in [1.165, 1.54) is 0 Å². The van der Waals surface area contributed by atoms with Crippen LogP contribution in [0.5, 0.6) is 0 Å². The summed E-state index contributed by atoms with van der Waals surface area (Å²) in [7, 11) is 0. The maximum Gasteiger partial charge on any atom is 0.185 e. The van der Waals surface area contributed by atoms with E-state index in [-0.39, 0.29) is 0 Å². The van der Waals surface area contributed by atoms with Crippen LogP contribution in [0.2, 0.25) is 0 Å². The van der Waals surface area contributed by atoms with Gasteiger partial charge in [-0.05, 0) is 0 Å². The molecule has 1 aliphatic heterocycles. The molecule has 1 saturated heterocycles. The van der Waals surface area contributed by atoms with E-state index in [0.29, 0.717) is 0 Å². The van der Waals surface area contributed by atoms with Gasteiger partial charge in [-0.15, -0.1) is 0 Å². The van der Waals surface area contributed by atoms with Gasteiger partial charge >= 0.3 is 0 Å². The van der Waals surface area contributed by atoms with Crippen molar-refractivity contribution >= 4 is 0 Å². The molecule has 0 aromatic heterocycles. The summed E-state index contributed by atoms with van der Waals surface area (Å²) in [6, 6.07) is 0. The third-order valence-electron chi connectivity index (χ3n) is 2.02. The number of rotatable bonds is 2. The van der Waals surface area contributed by atoms with Crippen molar-refractivity contribution in [3.05, 3.63) is 0 Å². The molecule has 0 radical (unpaired) electrons. The van der Waals surface area contributed by atoms with E-state index in [4.69, 9.17) is 26.2 Å². The van der Waals surface area contributed by atoms with Gasteiger partial charge < -0.3 is 30.3 Å². The van der Waals surface area contributed by atoms with Crippen LogP contribution in [0.3, 0.4) is 0 Å². The fourth-order valence-electron chi connectivity index (χ4n) is 1.22. The Balaban J connectivity index is 2.77. The molecule has 5 atom stereocenters. The third-order valence-corrected chi connectivity index (χ3v) is 2.02. The SMILES string of the molecule is N[C@@]1(O)[C@@H]([C@@H](O)CO)O[C@H](O)[C@@H]1O. The van der Waals surface area contributed by atoms with E-state index in [0.717, 1.165) is 0 Å². The third kappa shape index (κ3) is 1.67. The van der Waals surface area contributed by atoms with E-state index in [1.54, 1.807) is 0 Å². The van der Waals surface area contributed by atoms with Crippen molar-refractivity contribution in [2.45, 2.75) is 30.3 Å². The highest BCUT2D eigenvalue weighted by Gasteiger charge is 2.55. The monoisotopic (exact) mass is 195 g/mol. The smallest absolute Gasteiger partial charge is 0.185 e. The van der Waals surface area contributed by atoms with Crippen LogP contribution < -0.4 is 5.73 Å². The van der Waals surface area contributed by atoms with Gasteiger partial charge in [0.25, 0.3) is 0 Å². The van der Waals surface area contributed by atoms with Crippen LogP contribution in [-0.4, -0.2) is 62.5 Å². The minimum Gasteiger partial charge on any atom is -0.394 e. The Morgan fingerprint density at radius 2 is 2.00 bits per heavy atom. The lowest BCUT2D eigenvalue weighted by Gasteiger charge is -2.28. The molecule has 1 rings (SSSR count). The van der Waals surface area contributed by atoms with Gasteiger partial charge in [0.15, 0.2) is 12.0 Å². The maximum atomic E-state index is 9.37. The molecule has 7 heteroatoms. The first-order valence-electron chi connectivity index (χ1n) is 3.73. The molecule has 0 bridgehead atoms. The molecule has 0 aliphatic carbocycles. The topological polar surface area (TPSA) is 136 Å². The largest absolute Gasteiger partial charge is 0.394 e. The van der Waals surface area contributed by atoms with E-state index in [2.05, 4.69) is 4.74 Å². The predicted molar refractivity (Wildman–Crippen MR) is 39.1 cm³/mol. The normalized spacial score (nSPS) is 48.0. The first kappa shape index (κ1) is 10.8. The average Bonchev–Trinajstić information content (AvgIpc) is 2.28. The minimum absolute atomic E-state index is 0.691. The summed E-state index contributed by atoms with van der Waals surface area (Å²) in [5.74, 6) is 0. The second kappa shape index (κ2) is 3.46. The molecule has 1 aliphatic rings. The fraction of sp³-hybridized carbons (Fsp3) is 1.00. The van der Waals surface area contributed by atoms with Crippen molar-refractivity contribution < 1.29 is 30.3 Å². The second-order valence-corrected chi connectivity index (χ2v) is 3.03. The van der Waals surface area contributed by atoms with Gasteiger partial charge in [0.1, 0.15) is 18.3 Å². The summed E-state index contributed by atoms with van der Waals surface area (Å²) in [4.78, 5) is 0. The fourth-order valence-corrected chi connectivity index (χ4v) is 1.22. The number of aliphatic hydroxyl groups is 5. The summed E-state index contributed by atoms with van der Waals surface area (Å²) in [6.45, 7) is -0.691. The van der Waals surface area contributed by atoms with Crippen LogP contribution in [-0.2, 0) is 4.74 Å². The summed E-state index contributed by atoms with van der Waals surface area (Å²) >= 11 is 0. The van der Waals surface area contributed by atoms with Crippen LogP contribution in [0.4, 0.5) is 0 Å². The molecule has 7 nitrogen and oxygen atoms in total. The number of aliphatic hydroxyl groups excluding tert-OH is 4. The van der Waals surface area contributed by atoms with Crippen molar-refractivity contribution in [1.82, 2.24) is 0 Å². The Morgan fingerprint density at radius 1 is 1.46 bits per heavy atom. The molecule has 13 heavy (non-hydrogen) atoms. The molecule has 7 N–H and O–H groups in total. The number of ether oxygens (including phenoxy) is 1. The van der Waals surface area contributed by atoms with Crippen molar-refractivity contribution in [3.63, 3.8) is 0 Å². The lowest BCUT2D eigenvalue weighted by atomic mass is 10.00. The predicted octanol–water partition coefficient (Wildman–Crippen LogP) is -3.94. The van der Waals surface area contributed by atoms with Crippen LogP contribution in [0.1, 0.15) is 0 Å². The quantitative estimate of drug-likeness (QED) is 0.247. The summed E-state index contributed by atoms with van der Waals surface area (Å²) in [5, 5.41) is 45.0. The first-order valence-corrected chi connectivity index (χ1v) is 3.73. The standard InChI is InChI=1S/C6H13NO6/c7-6(12)3(10)5(11)13-4(6)2(9)1-8/h2-5,8-12H,1,7H2/t2-,3-,4+,5-,6-/m0/s1.